The van der Waals surface area contributed by atoms with E-state index in [2.05, 4.69) is 10.5 Å². The van der Waals surface area contributed by atoms with Gasteiger partial charge in [-0.3, -0.25) is 9.59 Å². The van der Waals surface area contributed by atoms with Crippen molar-refractivity contribution in [2.45, 2.75) is 77.0 Å². The first kappa shape index (κ1) is 20.8. The van der Waals surface area contributed by atoms with Gasteiger partial charge in [0.25, 0.3) is 0 Å². The van der Waals surface area contributed by atoms with E-state index in [4.69, 9.17) is 9.63 Å². The van der Waals surface area contributed by atoms with Gasteiger partial charge >= 0.3 is 5.97 Å². The highest BCUT2D eigenvalue weighted by Crippen LogP contribution is 2.28. The fraction of sp³-hybridized carbons (Fsp3) is 0.737. The lowest BCUT2D eigenvalue weighted by atomic mass is 9.84. The number of nitrogens with zero attached hydrogens (tertiary/aromatic N) is 1. The first-order valence-electron chi connectivity index (χ1n) is 9.46. The highest BCUT2D eigenvalue weighted by Gasteiger charge is 2.21. The minimum Gasteiger partial charge on any atom is -0.481 e. The molecule has 1 amide bonds. The smallest absolute Gasteiger partial charge is 0.303 e. The molecule has 1 saturated carbocycles. The summed E-state index contributed by atoms with van der Waals surface area (Å²) < 4.78 is 5.14. The van der Waals surface area contributed by atoms with Gasteiger partial charge in [-0.25, -0.2) is 0 Å². The summed E-state index contributed by atoms with van der Waals surface area (Å²) in [5, 5.41) is 16.0. The first-order valence-corrected chi connectivity index (χ1v) is 10.6. The van der Waals surface area contributed by atoms with Crippen LogP contribution in [0.1, 0.15) is 68.4 Å². The molecule has 7 heteroatoms. The third kappa shape index (κ3) is 7.02. The highest BCUT2D eigenvalue weighted by molar-refractivity contribution is 7.99. The lowest BCUT2D eigenvalue weighted by molar-refractivity contribution is -0.137. The molecule has 146 valence electrons. The number of hydrogen-bond donors (Lipinski definition) is 2. The second kappa shape index (κ2) is 10.6. The maximum atomic E-state index is 12.3. The molecular weight excluding hydrogens is 352 g/mol. The Balaban J connectivity index is 1.78. The number of hydrogen-bond acceptors (Lipinski definition) is 5. The van der Waals surface area contributed by atoms with Crippen molar-refractivity contribution >= 4 is 23.6 Å². The zero-order valence-corrected chi connectivity index (χ0v) is 16.6. The Morgan fingerprint density at radius 3 is 2.65 bits per heavy atom. The maximum Gasteiger partial charge on any atom is 0.303 e. The van der Waals surface area contributed by atoms with Crippen LogP contribution < -0.4 is 5.32 Å². The number of aryl methyl sites for hydroxylation is 2. The van der Waals surface area contributed by atoms with Gasteiger partial charge in [0.1, 0.15) is 5.76 Å². The van der Waals surface area contributed by atoms with Gasteiger partial charge in [0, 0.05) is 23.8 Å². The molecule has 1 aromatic rings. The van der Waals surface area contributed by atoms with Crippen LogP contribution in [0.15, 0.2) is 4.52 Å². The van der Waals surface area contributed by atoms with Crippen molar-refractivity contribution in [3.63, 3.8) is 0 Å². The highest BCUT2D eigenvalue weighted by atomic mass is 32.2. The first-order chi connectivity index (χ1) is 12.5. The average Bonchev–Trinajstić information content (AvgIpc) is 2.92. The van der Waals surface area contributed by atoms with Crippen LogP contribution in [-0.2, 0) is 15.3 Å². The van der Waals surface area contributed by atoms with Crippen LogP contribution in [-0.4, -0.2) is 33.9 Å². The number of carbonyl (C=O) groups is 2. The molecule has 0 aliphatic heterocycles. The molecule has 1 aliphatic carbocycles. The van der Waals surface area contributed by atoms with Crippen LogP contribution in [0.3, 0.4) is 0 Å². The van der Waals surface area contributed by atoms with Crippen molar-refractivity contribution in [3.05, 3.63) is 17.0 Å². The number of carbonyl (C=O) groups excluding carboxylic acids is 1. The number of thioether (sulfide) groups is 1. The fourth-order valence-corrected chi connectivity index (χ4v) is 4.58. The minimum atomic E-state index is -0.805. The second-order valence-corrected chi connectivity index (χ2v) is 8.22. The molecule has 0 aromatic carbocycles. The van der Waals surface area contributed by atoms with Crippen LogP contribution in [0.5, 0.6) is 0 Å². The SMILES string of the molecule is Cc1noc(C)c1CSCC(=O)NC(CCC(=O)O)CC1CCCCC1. The van der Waals surface area contributed by atoms with Crippen LogP contribution >= 0.6 is 11.8 Å². The quantitative estimate of drug-likeness (QED) is 0.639. The Morgan fingerprint density at radius 1 is 1.31 bits per heavy atom. The van der Waals surface area contributed by atoms with Crippen molar-refractivity contribution in [1.29, 1.82) is 0 Å². The summed E-state index contributed by atoms with van der Waals surface area (Å²) in [6.45, 7) is 3.78. The van der Waals surface area contributed by atoms with Gasteiger partial charge in [0.2, 0.25) is 5.91 Å². The van der Waals surface area contributed by atoms with Gasteiger partial charge in [-0.1, -0.05) is 37.3 Å². The zero-order valence-electron chi connectivity index (χ0n) is 15.8. The monoisotopic (exact) mass is 382 g/mol. The summed E-state index contributed by atoms with van der Waals surface area (Å²) in [6, 6.07) is -0.0404. The molecule has 26 heavy (non-hydrogen) atoms. The number of aliphatic carboxylic acids is 1. The molecule has 1 aliphatic rings. The zero-order chi connectivity index (χ0) is 18.9. The number of nitrogens with one attached hydrogen (secondary N) is 1. The van der Waals surface area contributed by atoms with Crippen molar-refractivity contribution in [2.75, 3.05) is 5.75 Å². The van der Waals surface area contributed by atoms with E-state index in [9.17, 15) is 9.59 Å². The molecule has 2 N–H and O–H groups in total. The van der Waals surface area contributed by atoms with Crippen LogP contribution in [0.2, 0.25) is 0 Å². The Morgan fingerprint density at radius 2 is 2.04 bits per heavy atom. The predicted octanol–water partition coefficient (Wildman–Crippen LogP) is 3.84. The normalized spacial score (nSPS) is 16.4. The number of rotatable bonds is 10. The average molecular weight is 383 g/mol. The lowest BCUT2D eigenvalue weighted by Crippen LogP contribution is -2.38. The van der Waals surface area contributed by atoms with Crippen LogP contribution in [0.4, 0.5) is 0 Å². The Hall–Kier alpha value is -1.50. The summed E-state index contributed by atoms with van der Waals surface area (Å²) >= 11 is 1.53. The van der Waals surface area contributed by atoms with E-state index in [-0.39, 0.29) is 18.4 Å². The van der Waals surface area contributed by atoms with E-state index in [0.29, 0.717) is 23.8 Å². The molecule has 2 rings (SSSR count). The van der Waals surface area contributed by atoms with E-state index < -0.39 is 5.97 Å². The molecule has 1 aromatic heterocycles. The van der Waals surface area contributed by atoms with Crippen molar-refractivity contribution in [2.24, 2.45) is 5.92 Å². The third-order valence-corrected chi connectivity index (χ3v) is 6.03. The van der Waals surface area contributed by atoms with E-state index >= 15 is 0 Å². The predicted molar refractivity (Wildman–Crippen MR) is 102 cm³/mol. The summed E-state index contributed by atoms with van der Waals surface area (Å²) in [4.78, 5) is 23.2. The molecule has 1 fully saturated rings. The number of carboxylic acid groups (broad SMARTS) is 1. The van der Waals surface area contributed by atoms with Crippen molar-refractivity contribution in [3.8, 4) is 0 Å². The third-order valence-electron chi connectivity index (χ3n) is 5.08. The van der Waals surface area contributed by atoms with E-state index in [1.807, 2.05) is 13.8 Å². The summed E-state index contributed by atoms with van der Waals surface area (Å²) in [5.74, 6) is 1.63. The molecular formula is C19H30N2O4S. The summed E-state index contributed by atoms with van der Waals surface area (Å²) in [7, 11) is 0. The Labute approximate surface area is 159 Å². The molecule has 1 unspecified atom stereocenters. The van der Waals surface area contributed by atoms with Gasteiger partial charge in [0.05, 0.1) is 11.4 Å². The fourth-order valence-electron chi connectivity index (χ4n) is 3.59. The van der Waals surface area contributed by atoms with Gasteiger partial charge in [0.15, 0.2) is 0 Å². The standard InChI is InChI=1S/C19H30N2O4S/c1-13-17(14(2)25-21-13)11-26-12-18(22)20-16(8-9-19(23)24)10-15-6-4-3-5-7-15/h15-16H,3-12H2,1-2H3,(H,20,22)(H,23,24). The molecule has 0 bridgehead atoms. The largest absolute Gasteiger partial charge is 0.481 e. The molecule has 6 nitrogen and oxygen atoms in total. The van der Waals surface area contributed by atoms with Gasteiger partial charge in [-0.05, 0) is 32.6 Å². The van der Waals surface area contributed by atoms with Gasteiger partial charge < -0.3 is 14.9 Å². The molecule has 0 spiro atoms. The van der Waals surface area contributed by atoms with E-state index in [0.717, 1.165) is 23.4 Å². The van der Waals surface area contributed by atoms with Crippen LogP contribution in [0, 0.1) is 19.8 Å². The number of carboxylic acids is 1. The second-order valence-electron chi connectivity index (χ2n) is 7.23. The van der Waals surface area contributed by atoms with E-state index in [1.165, 1.54) is 43.9 Å². The summed E-state index contributed by atoms with van der Waals surface area (Å²) in [5.41, 5.74) is 1.92. The Kier molecular flexibility index (Phi) is 8.48. The Bertz CT molecular complexity index is 577. The minimum absolute atomic E-state index is 0.0204. The van der Waals surface area contributed by atoms with Gasteiger partial charge in [-0.2, -0.15) is 0 Å². The van der Waals surface area contributed by atoms with Gasteiger partial charge in [-0.15, -0.1) is 11.8 Å². The lowest BCUT2D eigenvalue weighted by Gasteiger charge is -2.27. The molecule has 0 saturated heterocycles. The van der Waals surface area contributed by atoms with Crippen molar-refractivity contribution < 1.29 is 19.2 Å². The van der Waals surface area contributed by atoms with Crippen LogP contribution in [0.25, 0.3) is 0 Å². The molecule has 1 atom stereocenters. The van der Waals surface area contributed by atoms with Crippen molar-refractivity contribution in [1.82, 2.24) is 10.5 Å². The molecule has 0 radical (unpaired) electrons. The topological polar surface area (TPSA) is 92.4 Å². The number of amides is 1. The van der Waals surface area contributed by atoms with E-state index in [1.54, 1.807) is 0 Å². The number of aromatic nitrogens is 1. The summed E-state index contributed by atoms with van der Waals surface area (Å²) in [6.07, 6.45) is 7.68. The maximum absolute atomic E-state index is 12.3. The molecule has 1 heterocycles.